The van der Waals surface area contributed by atoms with Crippen LogP contribution in [0.3, 0.4) is 0 Å². The summed E-state index contributed by atoms with van der Waals surface area (Å²) in [6, 6.07) is 0.456. The van der Waals surface area contributed by atoms with Gasteiger partial charge in [0.25, 0.3) is 0 Å². The van der Waals surface area contributed by atoms with E-state index in [0.717, 1.165) is 44.1 Å². The minimum absolute atomic E-state index is 0.171. The first-order valence-electron chi connectivity index (χ1n) is 12.4. The Labute approximate surface area is 179 Å². The maximum absolute atomic E-state index is 13.8. The number of hydrogen-bond donors (Lipinski definition) is 1. The number of dihydropyridines is 1. The molecule has 0 bridgehead atoms. The largest absolute Gasteiger partial charge is 0.387 e. The van der Waals surface area contributed by atoms with E-state index in [-0.39, 0.29) is 5.92 Å². The average Bonchev–Trinajstić information content (AvgIpc) is 3.47. The molecule has 7 rings (SSSR count). The fourth-order valence-electron chi connectivity index (χ4n) is 7.84. The Morgan fingerprint density at radius 3 is 2.77 bits per heavy atom. The molecule has 7 aliphatic rings. The molecule has 3 nitrogen and oxygen atoms in total. The molecule has 0 aromatic rings. The summed E-state index contributed by atoms with van der Waals surface area (Å²) < 4.78 is 0. The summed E-state index contributed by atoms with van der Waals surface area (Å²) in [6.45, 7) is 0.917. The van der Waals surface area contributed by atoms with E-state index in [0.29, 0.717) is 23.7 Å². The van der Waals surface area contributed by atoms with Crippen LogP contribution in [0.2, 0.25) is 0 Å². The van der Waals surface area contributed by atoms with Gasteiger partial charge in [-0.25, -0.2) is 0 Å². The van der Waals surface area contributed by atoms with E-state index in [2.05, 4.69) is 40.7 Å². The molecule has 3 fully saturated rings. The van der Waals surface area contributed by atoms with Crippen molar-refractivity contribution in [1.29, 1.82) is 0 Å². The third-order valence-corrected chi connectivity index (χ3v) is 9.18. The SMILES string of the molecule is O=C(C1CCC2C3=CNCC=C3N3C2=C1CC=C1C=CCCC13)C1C2CCCCC21. The van der Waals surface area contributed by atoms with Gasteiger partial charge in [0, 0.05) is 47.5 Å². The molecule has 156 valence electrons. The molecule has 30 heavy (non-hydrogen) atoms. The first-order valence-corrected chi connectivity index (χ1v) is 12.4. The molecule has 1 saturated heterocycles. The number of allylic oxidation sites excluding steroid dienone is 5. The van der Waals surface area contributed by atoms with Crippen LogP contribution in [0.4, 0.5) is 0 Å². The Balaban J connectivity index is 1.33. The minimum Gasteiger partial charge on any atom is -0.387 e. The lowest BCUT2D eigenvalue weighted by Crippen LogP contribution is -2.36. The predicted molar refractivity (Wildman–Crippen MR) is 118 cm³/mol. The summed E-state index contributed by atoms with van der Waals surface area (Å²) in [5.41, 5.74) is 7.40. The van der Waals surface area contributed by atoms with E-state index >= 15 is 0 Å². The van der Waals surface area contributed by atoms with Crippen LogP contribution in [0.1, 0.15) is 57.8 Å². The first-order chi connectivity index (χ1) is 14.8. The molecule has 0 radical (unpaired) electrons. The van der Waals surface area contributed by atoms with Crippen LogP contribution in [-0.4, -0.2) is 23.3 Å². The van der Waals surface area contributed by atoms with Crippen LogP contribution in [0.15, 0.2) is 58.6 Å². The summed E-state index contributed by atoms with van der Waals surface area (Å²) in [4.78, 5) is 16.5. The highest BCUT2D eigenvalue weighted by molar-refractivity contribution is 5.89. The number of nitrogens with one attached hydrogen (secondary N) is 1. The highest BCUT2D eigenvalue weighted by Gasteiger charge is 2.57. The molecule has 0 amide bonds. The zero-order valence-electron chi connectivity index (χ0n) is 17.8. The maximum atomic E-state index is 13.8. The van der Waals surface area contributed by atoms with Crippen molar-refractivity contribution in [1.82, 2.24) is 10.2 Å². The Kier molecular flexibility index (Phi) is 3.81. The predicted octanol–water partition coefficient (Wildman–Crippen LogP) is 5.01. The smallest absolute Gasteiger partial charge is 0.143 e. The number of carbonyl (C=O) groups excluding carboxylic acids is 1. The van der Waals surface area contributed by atoms with Gasteiger partial charge < -0.3 is 10.2 Å². The van der Waals surface area contributed by atoms with Gasteiger partial charge in [0.05, 0.1) is 6.04 Å². The molecule has 0 spiro atoms. The molecular formula is C27H32N2O. The lowest BCUT2D eigenvalue weighted by molar-refractivity contribution is -0.124. The Bertz CT molecular complexity index is 951. The van der Waals surface area contributed by atoms with Gasteiger partial charge in [-0.3, -0.25) is 4.79 Å². The van der Waals surface area contributed by atoms with E-state index in [1.807, 2.05) is 0 Å². The third kappa shape index (κ3) is 2.35. The molecule has 5 atom stereocenters. The Hall–Kier alpha value is -2.03. The normalized spacial score (nSPS) is 40.7. The second kappa shape index (κ2) is 6.48. The number of carbonyl (C=O) groups is 1. The molecule has 5 unspecified atom stereocenters. The Morgan fingerprint density at radius 1 is 1.03 bits per heavy atom. The minimum atomic E-state index is 0.171. The van der Waals surface area contributed by atoms with Gasteiger partial charge in [0.2, 0.25) is 0 Å². The van der Waals surface area contributed by atoms with Crippen LogP contribution in [-0.2, 0) is 4.79 Å². The lowest BCUT2D eigenvalue weighted by atomic mass is 9.74. The molecule has 2 saturated carbocycles. The number of Topliss-reactive ketones (excluding diaryl/α,β-unsaturated/α-hetero) is 1. The molecule has 3 aliphatic heterocycles. The highest BCUT2D eigenvalue weighted by Crippen LogP contribution is 2.60. The first kappa shape index (κ1) is 17.6. The summed E-state index contributed by atoms with van der Waals surface area (Å²) in [7, 11) is 0. The summed E-state index contributed by atoms with van der Waals surface area (Å²) in [5, 5.41) is 3.47. The fourth-order valence-corrected chi connectivity index (χ4v) is 7.84. The van der Waals surface area contributed by atoms with Crippen molar-refractivity contribution < 1.29 is 4.79 Å². The Morgan fingerprint density at radius 2 is 1.90 bits per heavy atom. The third-order valence-electron chi connectivity index (χ3n) is 9.18. The van der Waals surface area contributed by atoms with Crippen LogP contribution < -0.4 is 5.32 Å². The standard InChI is InChI=1S/C27H32N2O/c30-27(25-17-6-2-3-7-18(17)25)21-12-11-20-22-15-28-14-13-24(22)29-23-8-4-1-5-16(23)9-10-19(21)26(20)29/h1,5,9,13,15,17-18,20-21,23,25,28H,2-4,6-8,10-12,14H2. The van der Waals surface area contributed by atoms with Gasteiger partial charge in [-0.05, 0) is 74.0 Å². The van der Waals surface area contributed by atoms with Crippen molar-refractivity contribution in [2.75, 3.05) is 6.54 Å². The molecule has 1 N–H and O–H groups in total. The maximum Gasteiger partial charge on any atom is 0.143 e. The van der Waals surface area contributed by atoms with E-state index in [1.165, 1.54) is 60.2 Å². The van der Waals surface area contributed by atoms with E-state index in [1.54, 1.807) is 0 Å². The van der Waals surface area contributed by atoms with Gasteiger partial charge >= 0.3 is 0 Å². The van der Waals surface area contributed by atoms with Crippen molar-refractivity contribution >= 4 is 5.78 Å². The number of rotatable bonds is 2. The van der Waals surface area contributed by atoms with Crippen molar-refractivity contribution in [2.45, 2.75) is 63.8 Å². The van der Waals surface area contributed by atoms with Crippen LogP contribution >= 0.6 is 0 Å². The van der Waals surface area contributed by atoms with Crippen molar-refractivity contribution in [3.8, 4) is 0 Å². The van der Waals surface area contributed by atoms with E-state index in [4.69, 9.17) is 0 Å². The van der Waals surface area contributed by atoms with Crippen LogP contribution in [0.25, 0.3) is 0 Å². The fraction of sp³-hybridized carbons (Fsp3) is 0.593. The number of fused-ring (bicyclic) bond motifs is 6. The van der Waals surface area contributed by atoms with Gasteiger partial charge in [-0.2, -0.15) is 0 Å². The number of ketones is 1. The number of nitrogens with zero attached hydrogens (tertiary/aromatic N) is 1. The summed E-state index contributed by atoms with van der Waals surface area (Å²) in [5.74, 6) is 3.11. The number of hydrogen-bond acceptors (Lipinski definition) is 3. The van der Waals surface area contributed by atoms with Crippen LogP contribution in [0, 0.1) is 29.6 Å². The van der Waals surface area contributed by atoms with Gasteiger partial charge in [0.15, 0.2) is 0 Å². The lowest BCUT2D eigenvalue weighted by Gasteiger charge is -2.37. The zero-order chi connectivity index (χ0) is 19.8. The topological polar surface area (TPSA) is 32.3 Å². The van der Waals surface area contributed by atoms with Crippen LogP contribution in [0.5, 0.6) is 0 Å². The van der Waals surface area contributed by atoms with Crippen molar-refractivity contribution in [2.24, 2.45) is 29.6 Å². The van der Waals surface area contributed by atoms with Crippen molar-refractivity contribution in [3.63, 3.8) is 0 Å². The second-order valence-corrected chi connectivity index (χ2v) is 10.5. The summed E-state index contributed by atoms with van der Waals surface area (Å²) in [6.07, 6.45) is 22.6. The second-order valence-electron chi connectivity index (χ2n) is 10.5. The van der Waals surface area contributed by atoms with Gasteiger partial charge in [-0.1, -0.05) is 31.1 Å². The monoisotopic (exact) mass is 400 g/mol. The van der Waals surface area contributed by atoms with E-state index in [9.17, 15) is 4.79 Å². The molecule has 0 aromatic carbocycles. The molecular weight excluding hydrogens is 368 g/mol. The van der Waals surface area contributed by atoms with Gasteiger partial charge in [0.1, 0.15) is 5.78 Å². The quantitative estimate of drug-likeness (QED) is 0.707. The van der Waals surface area contributed by atoms with Gasteiger partial charge in [-0.15, -0.1) is 0 Å². The molecule has 0 aromatic heterocycles. The zero-order valence-corrected chi connectivity index (χ0v) is 17.8. The highest BCUT2D eigenvalue weighted by atomic mass is 16.1. The van der Waals surface area contributed by atoms with E-state index < -0.39 is 0 Å². The molecule has 3 heteroatoms. The summed E-state index contributed by atoms with van der Waals surface area (Å²) >= 11 is 0. The average molecular weight is 401 g/mol. The molecule has 3 heterocycles. The molecule has 4 aliphatic carbocycles. The van der Waals surface area contributed by atoms with Crippen molar-refractivity contribution in [3.05, 3.63) is 58.6 Å².